The number of fused-ring (bicyclic) bond motifs is 1. The van der Waals surface area contributed by atoms with Gasteiger partial charge in [0.1, 0.15) is 0 Å². The minimum atomic E-state index is -0.120. The first kappa shape index (κ1) is 22.9. The highest BCUT2D eigenvalue weighted by Gasteiger charge is 2.27. The van der Waals surface area contributed by atoms with Gasteiger partial charge in [-0.1, -0.05) is 66.4 Å². The zero-order valence-electron chi connectivity index (χ0n) is 19.2. The van der Waals surface area contributed by atoms with Crippen LogP contribution >= 0.6 is 11.8 Å². The van der Waals surface area contributed by atoms with E-state index in [-0.39, 0.29) is 17.9 Å². The summed E-state index contributed by atoms with van der Waals surface area (Å²) < 4.78 is 0. The number of aryl methyl sites for hydroxylation is 2. The lowest BCUT2D eigenvalue weighted by Gasteiger charge is -2.27. The predicted molar refractivity (Wildman–Crippen MR) is 137 cm³/mol. The number of nitrogens with one attached hydrogen (secondary N) is 1. The first-order valence-corrected chi connectivity index (χ1v) is 12.0. The molecule has 0 aliphatic carbocycles. The van der Waals surface area contributed by atoms with Crippen molar-refractivity contribution in [2.24, 2.45) is 0 Å². The van der Waals surface area contributed by atoms with E-state index in [0.717, 1.165) is 34.6 Å². The molecule has 1 atom stereocenters. The van der Waals surface area contributed by atoms with Crippen LogP contribution in [0, 0.1) is 6.92 Å². The number of hydrogen-bond acceptors (Lipinski definition) is 3. The molecular weight excluding hydrogens is 428 g/mol. The molecular formula is C28H28N2O2S. The van der Waals surface area contributed by atoms with Crippen LogP contribution in [0.2, 0.25) is 0 Å². The number of benzene rings is 3. The largest absolute Gasteiger partial charge is 0.350 e. The third-order valence-corrected chi connectivity index (χ3v) is 6.96. The standard InChI is InChI=1S/C28H28N2O2S/c1-19-9-7-8-12-22(19)18-26-28(32)30(3)24-17-23(15-16-25(24)33-26)27(31)29-20(2)13-14-21-10-5-4-6-11-21/h4-12,15-18,20H,13-14H2,1-3H3,(H,29,31)/b26-18-. The lowest BCUT2D eigenvalue weighted by Crippen LogP contribution is -2.34. The molecule has 168 valence electrons. The molecule has 1 aliphatic heterocycles. The summed E-state index contributed by atoms with van der Waals surface area (Å²) >= 11 is 1.45. The first-order chi connectivity index (χ1) is 15.9. The van der Waals surface area contributed by atoms with E-state index in [9.17, 15) is 9.59 Å². The van der Waals surface area contributed by atoms with Crippen molar-refractivity contribution in [1.82, 2.24) is 5.32 Å². The van der Waals surface area contributed by atoms with Gasteiger partial charge in [0.2, 0.25) is 0 Å². The third-order valence-electron chi connectivity index (χ3n) is 5.88. The lowest BCUT2D eigenvalue weighted by atomic mass is 10.1. The van der Waals surface area contributed by atoms with Crippen LogP contribution in [0.15, 0.2) is 82.6 Å². The average molecular weight is 457 g/mol. The van der Waals surface area contributed by atoms with E-state index in [2.05, 4.69) is 17.4 Å². The van der Waals surface area contributed by atoms with E-state index >= 15 is 0 Å². The predicted octanol–water partition coefficient (Wildman–Crippen LogP) is 5.86. The van der Waals surface area contributed by atoms with Gasteiger partial charge in [-0.25, -0.2) is 0 Å². The molecule has 2 amide bonds. The number of carbonyl (C=O) groups excluding carboxylic acids is 2. The van der Waals surface area contributed by atoms with E-state index in [1.54, 1.807) is 11.9 Å². The number of nitrogens with zero attached hydrogens (tertiary/aromatic N) is 1. The highest BCUT2D eigenvalue weighted by Crippen LogP contribution is 2.42. The molecule has 4 rings (SSSR count). The third kappa shape index (κ3) is 5.37. The second-order valence-electron chi connectivity index (χ2n) is 8.41. The molecule has 1 N–H and O–H groups in total. The summed E-state index contributed by atoms with van der Waals surface area (Å²) in [6.45, 7) is 4.06. The summed E-state index contributed by atoms with van der Waals surface area (Å²) in [5, 5.41) is 3.09. The maximum Gasteiger partial charge on any atom is 0.264 e. The van der Waals surface area contributed by atoms with Crippen LogP contribution in [0.3, 0.4) is 0 Å². The van der Waals surface area contributed by atoms with Crippen molar-refractivity contribution in [1.29, 1.82) is 0 Å². The Hall–Kier alpha value is -3.31. The highest BCUT2D eigenvalue weighted by molar-refractivity contribution is 8.04. The van der Waals surface area contributed by atoms with Crippen LogP contribution in [0.5, 0.6) is 0 Å². The van der Waals surface area contributed by atoms with Crippen molar-refractivity contribution in [2.75, 3.05) is 11.9 Å². The summed E-state index contributed by atoms with van der Waals surface area (Å²) in [5.41, 5.74) is 4.74. The van der Waals surface area contributed by atoms with Gasteiger partial charge >= 0.3 is 0 Å². The Morgan fingerprint density at radius 3 is 2.55 bits per heavy atom. The number of thioether (sulfide) groups is 1. The van der Waals surface area contributed by atoms with Crippen molar-refractivity contribution < 1.29 is 9.59 Å². The number of rotatable bonds is 6. The monoisotopic (exact) mass is 456 g/mol. The fourth-order valence-corrected chi connectivity index (χ4v) is 4.92. The molecule has 0 spiro atoms. The van der Waals surface area contributed by atoms with E-state index < -0.39 is 0 Å². The van der Waals surface area contributed by atoms with Gasteiger partial charge in [-0.15, -0.1) is 0 Å². The molecule has 1 aliphatic rings. The maximum atomic E-state index is 13.0. The Morgan fingerprint density at radius 1 is 1.06 bits per heavy atom. The summed E-state index contributed by atoms with van der Waals surface area (Å²) in [5.74, 6) is -0.185. The Labute approximate surface area is 199 Å². The van der Waals surface area contributed by atoms with Crippen molar-refractivity contribution >= 4 is 35.3 Å². The zero-order valence-corrected chi connectivity index (χ0v) is 20.0. The Kier molecular flexibility index (Phi) is 6.99. The highest BCUT2D eigenvalue weighted by atomic mass is 32.2. The van der Waals surface area contributed by atoms with Crippen LogP contribution in [-0.2, 0) is 11.2 Å². The minimum Gasteiger partial charge on any atom is -0.350 e. The molecule has 1 heterocycles. The van der Waals surface area contributed by atoms with Gasteiger partial charge in [-0.3, -0.25) is 9.59 Å². The van der Waals surface area contributed by atoms with Gasteiger partial charge in [0.25, 0.3) is 11.8 Å². The minimum absolute atomic E-state index is 0.0473. The maximum absolute atomic E-state index is 13.0. The van der Waals surface area contributed by atoms with Crippen molar-refractivity contribution in [3.8, 4) is 0 Å². The number of hydrogen-bond donors (Lipinski definition) is 1. The smallest absolute Gasteiger partial charge is 0.264 e. The summed E-state index contributed by atoms with van der Waals surface area (Å²) in [6.07, 6.45) is 3.72. The molecule has 3 aromatic rings. The molecule has 5 heteroatoms. The van der Waals surface area contributed by atoms with Crippen molar-refractivity contribution in [2.45, 2.75) is 37.6 Å². The summed E-state index contributed by atoms with van der Waals surface area (Å²) in [7, 11) is 1.76. The van der Waals surface area contributed by atoms with E-state index in [0.29, 0.717) is 10.5 Å². The lowest BCUT2D eigenvalue weighted by molar-refractivity contribution is -0.114. The van der Waals surface area contributed by atoms with Gasteiger partial charge < -0.3 is 10.2 Å². The molecule has 0 fully saturated rings. The van der Waals surface area contributed by atoms with E-state index in [1.807, 2.05) is 80.6 Å². The Morgan fingerprint density at radius 2 is 1.79 bits per heavy atom. The molecule has 0 saturated heterocycles. The van der Waals surface area contributed by atoms with Gasteiger partial charge in [-0.2, -0.15) is 0 Å². The molecule has 0 aromatic heterocycles. The Bertz CT molecular complexity index is 1200. The van der Waals surface area contributed by atoms with E-state index in [1.165, 1.54) is 17.3 Å². The molecule has 0 bridgehead atoms. The fraction of sp³-hybridized carbons (Fsp3) is 0.214. The number of carbonyl (C=O) groups is 2. The number of anilines is 1. The van der Waals surface area contributed by atoms with Crippen LogP contribution in [-0.4, -0.2) is 24.9 Å². The first-order valence-electron chi connectivity index (χ1n) is 11.1. The molecule has 0 radical (unpaired) electrons. The van der Waals surface area contributed by atoms with Crippen molar-refractivity contribution in [3.63, 3.8) is 0 Å². The van der Waals surface area contributed by atoms with Crippen LogP contribution in [0.25, 0.3) is 6.08 Å². The van der Waals surface area contributed by atoms with Gasteiger partial charge in [0.05, 0.1) is 10.6 Å². The average Bonchev–Trinajstić information content (AvgIpc) is 2.83. The van der Waals surface area contributed by atoms with Crippen LogP contribution in [0.4, 0.5) is 5.69 Å². The van der Waals surface area contributed by atoms with Crippen LogP contribution < -0.4 is 10.2 Å². The van der Waals surface area contributed by atoms with E-state index in [4.69, 9.17) is 0 Å². The second kappa shape index (κ2) is 10.1. The van der Waals surface area contributed by atoms with Crippen LogP contribution in [0.1, 0.15) is 40.4 Å². The molecule has 33 heavy (non-hydrogen) atoms. The second-order valence-corrected chi connectivity index (χ2v) is 9.50. The quantitative estimate of drug-likeness (QED) is 0.473. The molecule has 0 saturated carbocycles. The van der Waals surface area contributed by atoms with Gasteiger partial charge in [-0.05, 0) is 67.7 Å². The SMILES string of the molecule is Cc1ccccc1/C=C1\Sc2ccc(C(=O)NC(C)CCc3ccccc3)cc2N(C)C1=O. The topological polar surface area (TPSA) is 49.4 Å². The van der Waals surface area contributed by atoms with Gasteiger partial charge in [0.15, 0.2) is 0 Å². The Balaban J connectivity index is 1.46. The molecule has 3 aromatic carbocycles. The molecule has 1 unspecified atom stereocenters. The normalized spacial score (nSPS) is 15.3. The summed E-state index contributed by atoms with van der Waals surface area (Å²) in [6, 6.07) is 23.9. The molecule has 4 nitrogen and oxygen atoms in total. The number of amides is 2. The van der Waals surface area contributed by atoms with Gasteiger partial charge in [0, 0.05) is 23.5 Å². The fourth-order valence-electron chi connectivity index (χ4n) is 3.83. The summed E-state index contributed by atoms with van der Waals surface area (Å²) in [4.78, 5) is 29.1. The zero-order chi connectivity index (χ0) is 23.4. The number of likely N-dealkylation sites (N-methyl/N-ethyl adjacent to an activating group) is 1. The van der Waals surface area contributed by atoms with Crippen molar-refractivity contribution in [3.05, 3.63) is 100.0 Å².